The van der Waals surface area contributed by atoms with Gasteiger partial charge in [0.05, 0.1) is 0 Å². The molecule has 2 amide bonds. The minimum absolute atomic E-state index is 0.121. The number of nitrogens with zero attached hydrogens (tertiary/aromatic N) is 3. The average Bonchev–Trinajstić information content (AvgIpc) is 3.53. The van der Waals surface area contributed by atoms with Gasteiger partial charge in [0.2, 0.25) is 0 Å². The minimum atomic E-state index is -0.429. The Morgan fingerprint density at radius 3 is 1.39 bits per heavy atom. The van der Waals surface area contributed by atoms with Gasteiger partial charge in [-0.05, 0) is 36.4 Å². The Hall–Kier alpha value is -5.05. The molecule has 0 saturated heterocycles. The van der Waals surface area contributed by atoms with Gasteiger partial charge in [-0.1, -0.05) is 30.3 Å². The smallest absolute Gasteiger partial charge is 0.274 e. The maximum absolute atomic E-state index is 12.7. The van der Waals surface area contributed by atoms with Gasteiger partial charge in [-0.25, -0.2) is 15.0 Å². The standard InChI is InChI=1S/C27H21N5O4/c1-16-28-24(14-35-16)18-6-10-20(11-7-18)30-26(33)22-4-3-5-23(32-22)27(34)31-21-12-8-19(9-13-21)25-15-36-17(2)29-25/h3-15H,1-2H3,(H,30,33)(H,31,34). The van der Waals surface area contributed by atoms with Crippen LogP contribution in [0.15, 0.2) is 88.1 Å². The Morgan fingerprint density at radius 1 is 0.611 bits per heavy atom. The largest absolute Gasteiger partial charge is 0.449 e. The first-order chi connectivity index (χ1) is 17.4. The quantitative estimate of drug-likeness (QED) is 0.329. The lowest BCUT2D eigenvalue weighted by Crippen LogP contribution is -2.18. The highest BCUT2D eigenvalue weighted by atomic mass is 16.3. The third-order valence-electron chi connectivity index (χ3n) is 5.33. The lowest BCUT2D eigenvalue weighted by atomic mass is 10.1. The fourth-order valence-electron chi connectivity index (χ4n) is 3.52. The average molecular weight is 479 g/mol. The number of carbonyl (C=O) groups excluding carboxylic acids is 2. The number of aryl methyl sites for hydroxylation is 2. The summed E-state index contributed by atoms with van der Waals surface area (Å²) >= 11 is 0. The van der Waals surface area contributed by atoms with Crippen molar-refractivity contribution in [2.75, 3.05) is 10.6 Å². The number of amides is 2. The van der Waals surface area contributed by atoms with E-state index < -0.39 is 11.8 Å². The molecule has 178 valence electrons. The SMILES string of the molecule is Cc1nc(-c2ccc(NC(=O)c3cccc(C(=O)Nc4ccc(-c5coc(C)n5)cc4)n3)cc2)co1. The van der Waals surface area contributed by atoms with Gasteiger partial charge in [0, 0.05) is 36.3 Å². The molecule has 0 aliphatic heterocycles. The Labute approximate surface area is 206 Å². The lowest BCUT2D eigenvalue weighted by Gasteiger charge is -2.08. The number of hydrogen-bond donors (Lipinski definition) is 2. The highest BCUT2D eigenvalue weighted by molar-refractivity contribution is 6.06. The molecule has 0 bridgehead atoms. The maximum Gasteiger partial charge on any atom is 0.274 e. The van der Waals surface area contributed by atoms with Crippen molar-refractivity contribution in [2.24, 2.45) is 0 Å². The van der Waals surface area contributed by atoms with Crippen LogP contribution in [-0.4, -0.2) is 26.8 Å². The molecule has 2 N–H and O–H groups in total. The van der Waals surface area contributed by atoms with Crippen molar-refractivity contribution in [3.8, 4) is 22.5 Å². The number of hydrogen-bond acceptors (Lipinski definition) is 7. The van der Waals surface area contributed by atoms with Gasteiger partial charge < -0.3 is 19.5 Å². The maximum atomic E-state index is 12.7. The molecule has 0 aliphatic rings. The molecule has 0 aliphatic carbocycles. The van der Waals surface area contributed by atoms with Gasteiger partial charge in [-0.2, -0.15) is 0 Å². The first-order valence-electron chi connectivity index (χ1n) is 11.1. The summed E-state index contributed by atoms with van der Waals surface area (Å²) in [4.78, 5) is 38.3. The summed E-state index contributed by atoms with van der Waals surface area (Å²) in [5, 5.41) is 5.58. The topological polar surface area (TPSA) is 123 Å². The zero-order chi connectivity index (χ0) is 25.1. The number of nitrogens with one attached hydrogen (secondary N) is 2. The van der Waals surface area contributed by atoms with Gasteiger partial charge in [-0.15, -0.1) is 0 Å². The van der Waals surface area contributed by atoms with Gasteiger partial charge in [0.25, 0.3) is 11.8 Å². The molecule has 0 fully saturated rings. The van der Waals surface area contributed by atoms with E-state index in [2.05, 4.69) is 25.6 Å². The first kappa shape index (κ1) is 22.7. The number of benzene rings is 2. The van der Waals surface area contributed by atoms with Crippen molar-refractivity contribution >= 4 is 23.2 Å². The van der Waals surface area contributed by atoms with E-state index in [9.17, 15) is 9.59 Å². The molecule has 3 heterocycles. The van der Waals surface area contributed by atoms with Crippen LogP contribution < -0.4 is 10.6 Å². The molecule has 9 nitrogen and oxygen atoms in total. The van der Waals surface area contributed by atoms with Gasteiger partial charge in [-0.3, -0.25) is 9.59 Å². The molecule has 0 atom stereocenters. The Morgan fingerprint density at radius 2 is 1.03 bits per heavy atom. The van der Waals surface area contributed by atoms with E-state index in [4.69, 9.17) is 8.83 Å². The van der Waals surface area contributed by atoms with Crippen LogP contribution in [0.4, 0.5) is 11.4 Å². The highest BCUT2D eigenvalue weighted by Gasteiger charge is 2.14. The van der Waals surface area contributed by atoms with Crippen molar-refractivity contribution in [3.05, 3.63) is 102 Å². The number of pyridine rings is 1. The normalized spacial score (nSPS) is 10.7. The van der Waals surface area contributed by atoms with Crippen LogP contribution in [0.3, 0.4) is 0 Å². The van der Waals surface area contributed by atoms with Crippen LogP contribution in [0.2, 0.25) is 0 Å². The van der Waals surface area contributed by atoms with E-state index in [0.29, 0.717) is 34.5 Å². The van der Waals surface area contributed by atoms with Gasteiger partial charge in [0.15, 0.2) is 11.8 Å². The van der Waals surface area contributed by atoms with Crippen molar-refractivity contribution < 1.29 is 18.4 Å². The van der Waals surface area contributed by atoms with E-state index in [1.807, 2.05) is 24.3 Å². The molecule has 3 aromatic heterocycles. The fourth-order valence-corrected chi connectivity index (χ4v) is 3.52. The Bertz CT molecular complexity index is 1420. The summed E-state index contributed by atoms with van der Waals surface area (Å²) in [6.07, 6.45) is 3.16. The summed E-state index contributed by atoms with van der Waals surface area (Å²) in [7, 11) is 0. The molecule has 5 aromatic rings. The minimum Gasteiger partial charge on any atom is -0.449 e. The van der Waals surface area contributed by atoms with E-state index in [1.54, 1.807) is 68.8 Å². The molecule has 2 aromatic carbocycles. The molecule has 9 heteroatoms. The number of oxazole rings is 2. The third-order valence-corrected chi connectivity index (χ3v) is 5.33. The van der Waals surface area contributed by atoms with Crippen LogP contribution in [0, 0.1) is 13.8 Å². The zero-order valence-electron chi connectivity index (χ0n) is 19.5. The van der Waals surface area contributed by atoms with E-state index in [-0.39, 0.29) is 11.4 Å². The number of rotatable bonds is 6. The molecule has 0 saturated carbocycles. The highest BCUT2D eigenvalue weighted by Crippen LogP contribution is 2.22. The van der Waals surface area contributed by atoms with E-state index in [1.165, 1.54) is 0 Å². The fraction of sp³-hybridized carbons (Fsp3) is 0.0741. The van der Waals surface area contributed by atoms with Gasteiger partial charge in [0.1, 0.15) is 35.3 Å². The second-order valence-corrected chi connectivity index (χ2v) is 7.97. The Balaban J connectivity index is 1.23. The van der Waals surface area contributed by atoms with E-state index >= 15 is 0 Å². The van der Waals surface area contributed by atoms with Crippen molar-refractivity contribution in [2.45, 2.75) is 13.8 Å². The summed E-state index contributed by atoms with van der Waals surface area (Å²) < 4.78 is 10.5. The Kier molecular flexibility index (Phi) is 6.10. The van der Waals surface area contributed by atoms with Crippen LogP contribution >= 0.6 is 0 Å². The predicted octanol–water partition coefficient (Wildman–Crippen LogP) is 5.51. The second-order valence-electron chi connectivity index (χ2n) is 7.97. The summed E-state index contributed by atoms with van der Waals surface area (Å²) in [5.74, 6) is 0.302. The van der Waals surface area contributed by atoms with E-state index in [0.717, 1.165) is 11.1 Å². The first-order valence-corrected chi connectivity index (χ1v) is 11.1. The molecule has 36 heavy (non-hydrogen) atoms. The molecule has 0 spiro atoms. The monoisotopic (exact) mass is 479 g/mol. The molecular formula is C27H21N5O4. The summed E-state index contributed by atoms with van der Waals surface area (Å²) in [5.41, 5.74) is 4.58. The van der Waals surface area contributed by atoms with Crippen molar-refractivity contribution in [1.82, 2.24) is 15.0 Å². The lowest BCUT2D eigenvalue weighted by molar-refractivity contribution is 0.101. The van der Waals surface area contributed by atoms with Crippen molar-refractivity contribution in [3.63, 3.8) is 0 Å². The zero-order valence-corrected chi connectivity index (χ0v) is 19.5. The second kappa shape index (κ2) is 9.67. The van der Waals surface area contributed by atoms with Crippen LogP contribution in [-0.2, 0) is 0 Å². The number of anilines is 2. The summed E-state index contributed by atoms with van der Waals surface area (Å²) in [6, 6.07) is 19.1. The third kappa shape index (κ3) is 5.05. The predicted molar refractivity (Wildman–Crippen MR) is 133 cm³/mol. The molecular weight excluding hydrogens is 458 g/mol. The van der Waals surface area contributed by atoms with Crippen LogP contribution in [0.5, 0.6) is 0 Å². The van der Waals surface area contributed by atoms with Crippen LogP contribution in [0.25, 0.3) is 22.5 Å². The summed E-state index contributed by atoms with van der Waals surface area (Å²) in [6.45, 7) is 3.55. The van der Waals surface area contributed by atoms with Crippen molar-refractivity contribution in [1.29, 1.82) is 0 Å². The molecule has 0 unspecified atom stereocenters. The molecule has 5 rings (SSSR count). The number of carbonyl (C=O) groups is 2. The molecule has 0 radical (unpaired) electrons. The van der Waals surface area contributed by atoms with Crippen LogP contribution in [0.1, 0.15) is 32.8 Å². The number of aromatic nitrogens is 3. The van der Waals surface area contributed by atoms with Gasteiger partial charge >= 0.3 is 0 Å².